The summed E-state index contributed by atoms with van der Waals surface area (Å²) in [7, 11) is 1.70. The third kappa shape index (κ3) is 3.11. The fourth-order valence-corrected chi connectivity index (χ4v) is 4.60. The van der Waals surface area contributed by atoms with Crippen molar-refractivity contribution in [3.63, 3.8) is 0 Å². The first-order valence-electron chi connectivity index (χ1n) is 8.88. The van der Waals surface area contributed by atoms with Crippen LogP contribution in [0, 0.1) is 11.8 Å². The van der Waals surface area contributed by atoms with E-state index in [-0.39, 0.29) is 17.9 Å². The van der Waals surface area contributed by atoms with Gasteiger partial charge >= 0.3 is 0 Å². The lowest BCUT2D eigenvalue weighted by atomic mass is 9.98. The average Bonchev–Trinajstić information content (AvgIpc) is 3.11. The third-order valence-electron chi connectivity index (χ3n) is 5.70. The first-order valence-corrected chi connectivity index (χ1v) is 8.88. The minimum atomic E-state index is -0.0460. The van der Waals surface area contributed by atoms with Gasteiger partial charge in [-0.3, -0.25) is 14.5 Å². The molecule has 0 unspecified atom stereocenters. The topological polar surface area (TPSA) is 61.9 Å². The van der Waals surface area contributed by atoms with Crippen molar-refractivity contribution in [1.29, 1.82) is 0 Å². The van der Waals surface area contributed by atoms with E-state index >= 15 is 0 Å². The van der Waals surface area contributed by atoms with E-state index in [4.69, 9.17) is 4.74 Å². The number of nitrogens with zero attached hydrogens (tertiary/aromatic N) is 2. The predicted molar refractivity (Wildman–Crippen MR) is 86.8 cm³/mol. The molecule has 2 amide bonds. The molecule has 0 spiro atoms. The molecule has 130 valence electrons. The molecule has 6 nitrogen and oxygen atoms in total. The summed E-state index contributed by atoms with van der Waals surface area (Å²) in [5, 5.41) is 2.79. The second-order valence-corrected chi connectivity index (χ2v) is 7.36. The molecule has 0 aromatic carbocycles. The van der Waals surface area contributed by atoms with Crippen molar-refractivity contribution in [2.24, 2.45) is 11.8 Å². The van der Waals surface area contributed by atoms with Crippen LogP contribution in [0.3, 0.4) is 0 Å². The van der Waals surface area contributed by atoms with E-state index in [1.807, 2.05) is 4.90 Å². The van der Waals surface area contributed by atoms with Gasteiger partial charge in [0.05, 0.1) is 6.04 Å². The van der Waals surface area contributed by atoms with Crippen molar-refractivity contribution >= 4 is 11.8 Å². The van der Waals surface area contributed by atoms with Crippen LogP contribution < -0.4 is 5.32 Å². The van der Waals surface area contributed by atoms with Gasteiger partial charge < -0.3 is 15.0 Å². The Hall–Kier alpha value is -1.14. The largest absolute Gasteiger partial charge is 0.381 e. The molecular weight excluding hydrogens is 294 g/mol. The molecule has 3 fully saturated rings. The number of likely N-dealkylation sites (tertiary alicyclic amines) is 2. The summed E-state index contributed by atoms with van der Waals surface area (Å²) in [5.74, 6) is 0.951. The highest BCUT2D eigenvalue weighted by Gasteiger charge is 2.50. The van der Waals surface area contributed by atoms with Crippen LogP contribution in [0.2, 0.25) is 0 Å². The second-order valence-electron chi connectivity index (χ2n) is 7.36. The molecule has 3 aliphatic heterocycles. The Morgan fingerprint density at radius 1 is 1.17 bits per heavy atom. The second kappa shape index (κ2) is 6.77. The zero-order chi connectivity index (χ0) is 16.6. The van der Waals surface area contributed by atoms with E-state index in [0.717, 1.165) is 32.4 Å². The minimum absolute atomic E-state index is 0.0460. The maximum absolute atomic E-state index is 12.8. The first-order chi connectivity index (χ1) is 11.0. The summed E-state index contributed by atoms with van der Waals surface area (Å²) in [6, 6.07) is 0.585. The zero-order valence-corrected chi connectivity index (χ0v) is 14.5. The number of hydrogen-bond donors (Lipinski definition) is 1. The number of amides is 2. The standard InChI is InChI=1S/C17H29N3O3/c1-11(2)20-14(16(21)18-3)8-13-9-19(10-15(13)20)17(22)12-4-6-23-7-5-12/h11-15H,4-10H2,1-3H3,(H,18,21)/t13-,14+,15+/m1/s1. The Morgan fingerprint density at radius 2 is 1.87 bits per heavy atom. The van der Waals surface area contributed by atoms with Gasteiger partial charge in [0.25, 0.3) is 0 Å². The van der Waals surface area contributed by atoms with Crippen LogP contribution in [0.5, 0.6) is 0 Å². The predicted octanol–water partition coefficient (Wildman–Crippen LogP) is 0.469. The number of carbonyl (C=O) groups excluding carboxylic acids is 2. The van der Waals surface area contributed by atoms with E-state index in [1.54, 1.807) is 7.05 Å². The van der Waals surface area contributed by atoms with E-state index in [1.165, 1.54) is 0 Å². The van der Waals surface area contributed by atoms with Crippen molar-refractivity contribution < 1.29 is 14.3 Å². The first kappa shape index (κ1) is 16.7. The third-order valence-corrected chi connectivity index (χ3v) is 5.70. The van der Waals surface area contributed by atoms with E-state index in [0.29, 0.717) is 37.1 Å². The van der Waals surface area contributed by atoms with Crippen LogP contribution in [0.25, 0.3) is 0 Å². The van der Waals surface area contributed by atoms with E-state index in [2.05, 4.69) is 24.1 Å². The molecular formula is C17H29N3O3. The van der Waals surface area contributed by atoms with Crippen molar-refractivity contribution in [2.45, 2.75) is 51.2 Å². The van der Waals surface area contributed by atoms with Gasteiger partial charge in [-0.25, -0.2) is 0 Å². The average molecular weight is 323 g/mol. The highest BCUT2D eigenvalue weighted by molar-refractivity contribution is 5.82. The Bertz CT molecular complexity index is 462. The van der Waals surface area contributed by atoms with Crippen molar-refractivity contribution in [1.82, 2.24) is 15.1 Å². The molecule has 0 aromatic rings. The normalized spacial score (nSPS) is 32.3. The van der Waals surface area contributed by atoms with E-state index in [9.17, 15) is 9.59 Å². The summed E-state index contributed by atoms with van der Waals surface area (Å²) < 4.78 is 5.36. The number of ether oxygens (including phenoxy) is 1. The molecule has 3 rings (SSSR count). The molecule has 6 heteroatoms. The molecule has 3 aliphatic rings. The van der Waals surface area contributed by atoms with Gasteiger partial charge in [0.1, 0.15) is 0 Å². The molecule has 1 N–H and O–H groups in total. The Morgan fingerprint density at radius 3 is 2.48 bits per heavy atom. The Kier molecular flexibility index (Phi) is 4.92. The summed E-state index contributed by atoms with van der Waals surface area (Å²) in [5.41, 5.74) is 0. The maximum atomic E-state index is 12.8. The molecule has 0 radical (unpaired) electrons. The molecule has 3 saturated heterocycles. The fourth-order valence-electron chi connectivity index (χ4n) is 4.60. The SMILES string of the molecule is CNC(=O)[C@@H]1C[C@@H]2CN(C(=O)C3CCOCC3)C[C@@H]2N1C(C)C. The van der Waals surface area contributed by atoms with Gasteiger partial charge in [0.2, 0.25) is 11.8 Å². The van der Waals surface area contributed by atoms with Crippen LogP contribution in [0.15, 0.2) is 0 Å². The monoisotopic (exact) mass is 323 g/mol. The number of likely N-dealkylation sites (N-methyl/N-ethyl adjacent to an activating group) is 1. The van der Waals surface area contributed by atoms with E-state index < -0.39 is 0 Å². The van der Waals surface area contributed by atoms with Gasteiger partial charge in [0, 0.05) is 51.4 Å². The van der Waals surface area contributed by atoms with Crippen molar-refractivity contribution in [3.8, 4) is 0 Å². The zero-order valence-electron chi connectivity index (χ0n) is 14.5. The molecule has 3 atom stereocenters. The highest BCUT2D eigenvalue weighted by Crippen LogP contribution is 2.38. The van der Waals surface area contributed by atoms with Gasteiger partial charge in [-0.05, 0) is 39.0 Å². The van der Waals surface area contributed by atoms with Crippen LogP contribution in [0.4, 0.5) is 0 Å². The Labute approximate surface area is 138 Å². The van der Waals surface area contributed by atoms with Crippen LogP contribution in [-0.2, 0) is 14.3 Å². The fraction of sp³-hybridized carbons (Fsp3) is 0.882. The number of hydrogen-bond acceptors (Lipinski definition) is 4. The quantitative estimate of drug-likeness (QED) is 0.820. The molecule has 3 heterocycles. The highest BCUT2D eigenvalue weighted by atomic mass is 16.5. The summed E-state index contributed by atoms with van der Waals surface area (Å²) in [4.78, 5) is 29.3. The lowest BCUT2D eigenvalue weighted by molar-refractivity contribution is -0.138. The summed E-state index contributed by atoms with van der Waals surface area (Å²) >= 11 is 0. The van der Waals surface area contributed by atoms with Crippen molar-refractivity contribution in [2.75, 3.05) is 33.4 Å². The van der Waals surface area contributed by atoms with Crippen LogP contribution in [-0.4, -0.2) is 73.1 Å². The lowest BCUT2D eigenvalue weighted by Gasteiger charge is -2.33. The molecule has 0 saturated carbocycles. The van der Waals surface area contributed by atoms with Gasteiger partial charge in [-0.15, -0.1) is 0 Å². The van der Waals surface area contributed by atoms with Gasteiger partial charge in [0.15, 0.2) is 0 Å². The maximum Gasteiger partial charge on any atom is 0.237 e. The van der Waals surface area contributed by atoms with Gasteiger partial charge in [-0.1, -0.05) is 0 Å². The number of carbonyl (C=O) groups is 2. The number of fused-ring (bicyclic) bond motifs is 1. The lowest BCUT2D eigenvalue weighted by Crippen LogP contribution is -2.50. The Balaban J connectivity index is 1.67. The van der Waals surface area contributed by atoms with Crippen LogP contribution in [0.1, 0.15) is 33.1 Å². The summed E-state index contributed by atoms with van der Waals surface area (Å²) in [6.45, 7) is 7.26. The molecule has 0 bridgehead atoms. The number of rotatable bonds is 3. The van der Waals surface area contributed by atoms with Crippen molar-refractivity contribution in [3.05, 3.63) is 0 Å². The smallest absolute Gasteiger partial charge is 0.237 e. The molecule has 0 aromatic heterocycles. The number of nitrogens with one attached hydrogen (secondary N) is 1. The van der Waals surface area contributed by atoms with Crippen LogP contribution >= 0.6 is 0 Å². The van der Waals surface area contributed by atoms with Gasteiger partial charge in [-0.2, -0.15) is 0 Å². The molecule has 0 aliphatic carbocycles. The minimum Gasteiger partial charge on any atom is -0.381 e. The summed E-state index contributed by atoms with van der Waals surface area (Å²) in [6.07, 6.45) is 2.55. The molecule has 23 heavy (non-hydrogen) atoms.